The lowest BCUT2D eigenvalue weighted by Gasteiger charge is -2.26. The van der Waals surface area contributed by atoms with Crippen molar-refractivity contribution in [2.24, 2.45) is 5.41 Å². The summed E-state index contributed by atoms with van der Waals surface area (Å²) >= 11 is 9.35. The van der Waals surface area contributed by atoms with Crippen LogP contribution in [-0.2, 0) is 0 Å². The average Bonchev–Trinajstić information content (AvgIpc) is 2.88. The Bertz CT molecular complexity index is 473. The molecule has 5 heteroatoms. The molecule has 1 aliphatic carbocycles. The third-order valence-corrected chi connectivity index (χ3v) is 4.62. The fourth-order valence-corrected chi connectivity index (χ4v) is 3.11. The number of rotatable bonds is 4. The Balaban J connectivity index is 2.03. The number of benzene rings is 1. The molecule has 0 bridgehead atoms. The predicted octanol–water partition coefficient (Wildman–Crippen LogP) is 3.39. The van der Waals surface area contributed by atoms with Crippen molar-refractivity contribution in [3.63, 3.8) is 0 Å². The second kappa shape index (κ2) is 6.25. The summed E-state index contributed by atoms with van der Waals surface area (Å²) in [6, 6.07) is 5.20. The smallest absolute Gasteiger partial charge is 0.252 e. The van der Waals surface area contributed by atoms with Gasteiger partial charge < -0.3 is 10.4 Å². The molecule has 1 saturated carbocycles. The summed E-state index contributed by atoms with van der Waals surface area (Å²) in [5, 5.41) is 12.8. The molecule has 0 aliphatic heterocycles. The number of aliphatic hydroxyl groups is 1. The van der Waals surface area contributed by atoms with E-state index in [0.29, 0.717) is 17.1 Å². The first kappa shape index (κ1) is 14.8. The molecule has 2 N–H and O–H groups in total. The molecule has 104 valence electrons. The molecule has 0 atom stereocenters. The number of carbonyl (C=O) groups excluding carboxylic acids is 1. The maximum atomic E-state index is 12.1. The molecule has 0 saturated heterocycles. The summed E-state index contributed by atoms with van der Waals surface area (Å²) in [6.07, 6.45) is 4.17. The van der Waals surface area contributed by atoms with Crippen LogP contribution in [0.5, 0.6) is 0 Å². The molecule has 19 heavy (non-hydrogen) atoms. The zero-order valence-electron chi connectivity index (χ0n) is 10.6. The quantitative estimate of drug-likeness (QED) is 0.878. The number of hydrogen-bond donors (Lipinski definition) is 2. The molecular formula is C14H17BrClNO2. The summed E-state index contributed by atoms with van der Waals surface area (Å²) in [4.78, 5) is 12.1. The molecule has 0 radical (unpaired) electrons. The molecule has 0 spiro atoms. The number of halogens is 2. The van der Waals surface area contributed by atoms with Crippen LogP contribution in [0.1, 0.15) is 36.0 Å². The van der Waals surface area contributed by atoms with Gasteiger partial charge in [-0.05, 0) is 31.0 Å². The van der Waals surface area contributed by atoms with Crippen LogP contribution < -0.4 is 5.32 Å². The zero-order chi connectivity index (χ0) is 13.9. The van der Waals surface area contributed by atoms with Crippen molar-refractivity contribution in [1.82, 2.24) is 5.32 Å². The highest BCUT2D eigenvalue weighted by atomic mass is 79.9. The van der Waals surface area contributed by atoms with Crippen LogP contribution in [-0.4, -0.2) is 24.2 Å². The normalized spacial score (nSPS) is 17.4. The SMILES string of the molecule is O=C(NCC1(CO)CCCC1)c1cc(Br)ccc1Cl. The highest BCUT2D eigenvalue weighted by Crippen LogP contribution is 2.37. The number of aliphatic hydroxyl groups excluding tert-OH is 1. The zero-order valence-corrected chi connectivity index (χ0v) is 12.9. The van der Waals surface area contributed by atoms with Crippen molar-refractivity contribution in [2.45, 2.75) is 25.7 Å². The molecule has 1 amide bonds. The lowest BCUT2D eigenvalue weighted by atomic mass is 9.87. The van der Waals surface area contributed by atoms with E-state index in [2.05, 4.69) is 21.2 Å². The van der Waals surface area contributed by atoms with Gasteiger partial charge in [0.05, 0.1) is 17.2 Å². The Labute approximate surface area is 126 Å². The topological polar surface area (TPSA) is 49.3 Å². The van der Waals surface area contributed by atoms with E-state index in [1.807, 2.05) is 0 Å². The fraction of sp³-hybridized carbons (Fsp3) is 0.500. The van der Waals surface area contributed by atoms with Gasteiger partial charge in [0.15, 0.2) is 0 Å². The average molecular weight is 347 g/mol. The Hall–Kier alpha value is -0.580. The molecule has 1 aromatic carbocycles. The minimum atomic E-state index is -0.189. The van der Waals surface area contributed by atoms with E-state index >= 15 is 0 Å². The van der Waals surface area contributed by atoms with E-state index in [9.17, 15) is 9.90 Å². The van der Waals surface area contributed by atoms with Crippen molar-refractivity contribution >= 4 is 33.4 Å². The minimum absolute atomic E-state index is 0.125. The molecule has 1 aliphatic rings. The van der Waals surface area contributed by atoms with Gasteiger partial charge in [-0.25, -0.2) is 0 Å². The highest BCUT2D eigenvalue weighted by molar-refractivity contribution is 9.10. The van der Waals surface area contributed by atoms with Gasteiger partial charge in [-0.15, -0.1) is 0 Å². The largest absolute Gasteiger partial charge is 0.396 e. The Kier molecular flexibility index (Phi) is 4.87. The standard InChI is InChI=1S/C14H17BrClNO2/c15-10-3-4-12(16)11(7-10)13(19)17-8-14(9-18)5-1-2-6-14/h3-4,7,18H,1-2,5-6,8-9H2,(H,17,19). The summed E-state index contributed by atoms with van der Waals surface area (Å²) in [7, 11) is 0. The van der Waals surface area contributed by atoms with Crippen LogP contribution in [0.25, 0.3) is 0 Å². The lowest BCUT2D eigenvalue weighted by molar-refractivity contribution is 0.0880. The Morgan fingerprint density at radius 2 is 2.11 bits per heavy atom. The monoisotopic (exact) mass is 345 g/mol. The van der Waals surface area contributed by atoms with Crippen LogP contribution in [0, 0.1) is 5.41 Å². The third kappa shape index (κ3) is 3.50. The maximum absolute atomic E-state index is 12.1. The molecule has 0 aromatic heterocycles. The van der Waals surface area contributed by atoms with Gasteiger partial charge in [-0.1, -0.05) is 40.4 Å². The summed E-state index contributed by atoms with van der Waals surface area (Å²) in [5.41, 5.74) is 0.316. The summed E-state index contributed by atoms with van der Waals surface area (Å²) in [6.45, 7) is 0.630. The van der Waals surface area contributed by atoms with Gasteiger partial charge >= 0.3 is 0 Å². The lowest BCUT2D eigenvalue weighted by Crippen LogP contribution is -2.38. The van der Waals surface area contributed by atoms with Gasteiger partial charge in [-0.3, -0.25) is 4.79 Å². The first-order valence-corrected chi connectivity index (χ1v) is 7.58. The molecule has 3 nitrogen and oxygen atoms in total. The molecule has 0 unspecified atom stereocenters. The van der Waals surface area contributed by atoms with E-state index in [1.165, 1.54) is 0 Å². The first-order valence-electron chi connectivity index (χ1n) is 6.40. The first-order chi connectivity index (χ1) is 9.06. The van der Waals surface area contributed by atoms with E-state index in [4.69, 9.17) is 11.6 Å². The Morgan fingerprint density at radius 1 is 1.42 bits per heavy atom. The molecule has 1 fully saturated rings. The van der Waals surface area contributed by atoms with Crippen LogP contribution in [0.15, 0.2) is 22.7 Å². The second-order valence-corrected chi connectivity index (χ2v) is 6.49. The van der Waals surface area contributed by atoms with Crippen molar-refractivity contribution in [1.29, 1.82) is 0 Å². The van der Waals surface area contributed by atoms with Crippen molar-refractivity contribution in [3.05, 3.63) is 33.3 Å². The molecule has 0 heterocycles. The van der Waals surface area contributed by atoms with Crippen LogP contribution in [0.4, 0.5) is 0 Å². The highest BCUT2D eigenvalue weighted by Gasteiger charge is 2.33. The van der Waals surface area contributed by atoms with E-state index in [0.717, 1.165) is 30.2 Å². The maximum Gasteiger partial charge on any atom is 0.252 e. The van der Waals surface area contributed by atoms with Gasteiger partial charge in [0.25, 0.3) is 5.91 Å². The summed E-state index contributed by atoms with van der Waals surface area (Å²) in [5.74, 6) is -0.189. The van der Waals surface area contributed by atoms with E-state index < -0.39 is 0 Å². The number of amides is 1. The minimum Gasteiger partial charge on any atom is -0.396 e. The molecular weight excluding hydrogens is 330 g/mol. The van der Waals surface area contributed by atoms with Crippen LogP contribution in [0.3, 0.4) is 0 Å². The number of nitrogens with one attached hydrogen (secondary N) is 1. The van der Waals surface area contributed by atoms with Gasteiger partial charge in [-0.2, -0.15) is 0 Å². The number of hydrogen-bond acceptors (Lipinski definition) is 2. The Morgan fingerprint density at radius 3 is 2.74 bits per heavy atom. The fourth-order valence-electron chi connectivity index (χ4n) is 2.55. The predicted molar refractivity (Wildman–Crippen MR) is 79.5 cm³/mol. The van der Waals surface area contributed by atoms with Crippen molar-refractivity contribution < 1.29 is 9.90 Å². The van der Waals surface area contributed by atoms with Crippen LogP contribution >= 0.6 is 27.5 Å². The second-order valence-electron chi connectivity index (χ2n) is 5.17. The number of carbonyl (C=O) groups is 1. The van der Waals surface area contributed by atoms with E-state index in [-0.39, 0.29) is 17.9 Å². The summed E-state index contributed by atoms with van der Waals surface area (Å²) < 4.78 is 0.819. The van der Waals surface area contributed by atoms with Crippen molar-refractivity contribution in [3.8, 4) is 0 Å². The van der Waals surface area contributed by atoms with Crippen molar-refractivity contribution in [2.75, 3.05) is 13.2 Å². The third-order valence-electron chi connectivity index (χ3n) is 3.80. The molecule has 1 aromatic rings. The van der Waals surface area contributed by atoms with Crippen LogP contribution in [0.2, 0.25) is 5.02 Å². The molecule has 2 rings (SSSR count). The van der Waals surface area contributed by atoms with E-state index in [1.54, 1.807) is 18.2 Å². The van der Waals surface area contributed by atoms with Gasteiger partial charge in [0.1, 0.15) is 0 Å². The van der Waals surface area contributed by atoms with Gasteiger partial charge in [0.2, 0.25) is 0 Å². The van der Waals surface area contributed by atoms with Gasteiger partial charge in [0, 0.05) is 16.4 Å².